The summed E-state index contributed by atoms with van der Waals surface area (Å²) in [4.78, 5) is 71.4. The second kappa shape index (κ2) is 14.4. The number of carbonyl (C=O) groups is 5. The minimum Gasteiger partial charge on any atom is -0.543 e. The third kappa shape index (κ3) is 7.27. The van der Waals surface area contributed by atoms with Gasteiger partial charge in [-0.3, -0.25) is 24.2 Å². The molecule has 1 saturated heterocycles. The molecule has 2 aliphatic rings. The molecule has 4 rings (SSSR count). The van der Waals surface area contributed by atoms with Gasteiger partial charge in [-0.1, -0.05) is 24.3 Å². The van der Waals surface area contributed by atoms with Gasteiger partial charge in [0.2, 0.25) is 17.7 Å². The monoisotopic (exact) mass is 619 g/mol. The van der Waals surface area contributed by atoms with Gasteiger partial charge in [0.25, 0.3) is 5.91 Å². The molecule has 17 heteroatoms. The number of primary amides is 1. The first-order chi connectivity index (χ1) is 20.0. The topological polar surface area (TPSA) is 220 Å². The van der Waals surface area contributed by atoms with Crippen molar-refractivity contribution in [3.8, 4) is 5.88 Å². The predicted molar refractivity (Wildman–Crippen MR) is 148 cm³/mol. The summed E-state index contributed by atoms with van der Waals surface area (Å²) in [6.45, 7) is 4.77. The molecule has 0 radical (unpaired) electrons. The van der Waals surface area contributed by atoms with E-state index in [0.29, 0.717) is 12.1 Å². The van der Waals surface area contributed by atoms with Gasteiger partial charge >= 0.3 is 41.6 Å². The molecular weight excluding hydrogens is 593 g/mol. The molecule has 1 aromatic heterocycles. The zero-order chi connectivity index (χ0) is 30.6. The first-order valence-corrected chi connectivity index (χ1v) is 13.5. The van der Waals surface area contributed by atoms with Gasteiger partial charge in [0, 0.05) is 24.8 Å². The number of aromatic nitrogens is 2. The van der Waals surface area contributed by atoms with Crippen molar-refractivity contribution in [1.29, 1.82) is 0 Å². The Hall–Kier alpha value is -4.12. The molecule has 1 aromatic carbocycles. The van der Waals surface area contributed by atoms with Crippen molar-refractivity contribution < 1.29 is 68.5 Å². The van der Waals surface area contributed by atoms with Crippen LogP contribution in [0.5, 0.6) is 5.88 Å². The van der Waals surface area contributed by atoms with Gasteiger partial charge in [0.05, 0.1) is 30.0 Å². The number of anilines is 3. The maximum atomic E-state index is 13.1. The average molecular weight is 620 g/mol. The Labute approximate surface area is 271 Å². The third-order valence-electron chi connectivity index (χ3n) is 6.21. The van der Waals surface area contributed by atoms with Crippen LogP contribution in [0, 0.1) is 0 Å². The summed E-state index contributed by atoms with van der Waals surface area (Å²) < 4.78 is 4.89. The van der Waals surface area contributed by atoms with Crippen LogP contribution in [0.25, 0.3) is 0 Å². The van der Waals surface area contributed by atoms with Gasteiger partial charge in [-0.15, -0.1) is 18.3 Å². The average Bonchev–Trinajstić information content (AvgIpc) is 2.94. The van der Waals surface area contributed by atoms with Crippen LogP contribution in [0.4, 0.5) is 22.1 Å². The summed E-state index contributed by atoms with van der Waals surface area (Å²) in [7, 11) is 0. The molecule has 5 N–H and O–H groups in total. The maximum Gasteiger partial charge on any atom is 1.00 e. The summed E-state index contributed by atoms with van der Waals surface area (Å²) in [5.74, 6) is -3.79. The number of nitrogens with one attached hydrogen (secondary N) is 2. The van der Waals surface area contributed by atoms with Crippen LogP contribution in [0.15, 0.2) is 54.4 Å². The Morgan fingerprint density at radius 2 is 2.02 bits per heavy atom. The number of β-lactam (4-membered cyclic amide) rings is 1. The molecule has 4 amide bonds. The number of benzene rings is 1. The molecule has 2 aromatic rings. The minimum atomic E-state index is -1.60. The molecule has 2 atom stereocenters. The number of carboxylic acid groups (broad SMARTS) is 1. The van der Waals surface area contributed by atoms with Crippen LogP contribution in [0.3, 0.4) is 0 Å². The number of thioether (sulfide) groups is 1. The number of hydrogen-bond acceptors (Lipinski definition) is 12. The largest absolute Gasteiger partial charge is 1.00 e. The van der Waals surface area contributed by atoms with Crippen LogP contribution < -0.4 is 55.9 Å². The molecule has 220 valence electrons. The van der Waals surface area contributed by atoms with E-state index in [0.717, 1.165) is 9.80 Å². The number of carboxylic acids is 1. The molecule has 2 aliphatic heterocycles. The number of fused-ring (bicyclic) bond motifs is 1. The first kappa shape index (κ1) is 33.4. The number of hydrogen-bond donors (Lipinski definition) is 4. The Kier molecular flexibility index (Phi) is 11.2. The summed E-state index contributed by atoms with van der Waals surface area (Å²) in [6.07, 6.45) is 2.45. The number of carbonyl (C=O) groups excluding carboxylic acids is 5. The Balaban J connectivity index is 0.00000506. The Morgan fingerprint density at radius 3 is 2.65 bits per heavy atom. The second-order valence-corrected chi connectivity index (χ2v) is 10.1. The van der Waals surface area contributed by atoms with Crippen LogP contribution in [-0.2, 0) is 30.3 Å². The number of urea groups is 1. The van der Waals surface area contributed by atoms with E-state index in [2.05, 4.69) is 27.2 Å². The number of para-hydroxylation sites is 1. The number of aromatic hydroxyl groups is 1. The molecule has 15 nitrogen and oxygen atoms in total. The number of ether oxygens (including phenoxy) is 1. The molecule has 1 fully saturated rings. The van der Waals surface area contributed by atoms with Gasteiger partial charge < -0.3 is 36.1 Å². The predicted octanol–water partition coefficient (Wildman–Crippen LogP) is -3.49. The Morgan fingerprint density at radius 1 is 1.30 bits per heavy atom. The van der Waals surface area contributed by atoms with E-state index in [1.807, 2.05) is 0 Å². The fourth-order valence-corrected chi connectivity index (χ4v) is 5.71. The number of rotatable bonds is 11. The van der Waals surface area contributed by atoms with Crippen LogP contribution in [0.2, 0.25) is 0 Å². The fourth-order valence-electron chi connectivity index (χ4n) is 4.39. The SMILES string of the molecule is C=CCNc1ncc(N(C(N)=O)c2ccccc2CC(=O)NC2C(=O)N3C(C(=O)[O-])=C(COC(C)=O)CS[C@H]23)c(O)n1.[Na+]. The van der Waals surface area contributed by atoms with Crippen molar-refractivity contribution in [2.24, 2.45) is 5.73 Å². The van der Waals surface area contributed by atoms with Crippen molar-refractivity contribution >= 4 is 58.9 Å². The Bertz CT molecular complexity index is 1500. The molecule has 43 heavy (non-hydrogen) atoms. The number of nitrogens with two attached hydrogens (primary N) is 1. The van der Waals surface area contributed by atoms with Crippen molar-refractivity contribution in [1.82, 2.24) is 20.2 Å². The summed E-state index contributed by atoms with van der Waals surface area (Å²) in [5.41, 5.74) is 5.81. The van der Waals surface area contributed by atoms with Crippen LogP contribution in [0.1, 0.15) is 12.5 Å². The number of nitrogens with zero attached hydrogens (tertiary/aromatic N) is 4. The zero-order valence-corrected chi connectivity index (χ0v) is 26.1. The second-order valence-electron chi connectivity index (χ2n) is 9.03. The summed E-state index contributed by atoms with van der Waals surface area (Å²) in [5, 5.41) is 27.0. The van der Waals surface area contributed by atoms with E-state index in [1.165, 1.54) is 30.9 Å². The van der Waals surface area contributed by atoms with Crippen molar-refractivity contribution in [3.05, 3.63) is 60.0 Å². The molecule has 1 unspecified atom stereocenters. The molecule has 0 saturated carbocycles. The standard InChI is InChI=1S/C26H27N7O8S.Na/c1-3-8-28-26-29-10-17(21(36)31-26)32(25(27)40)16-7-5-4-6-14(16)9-18(35)30-19-22(37)33-20(24(38)39)15(11-41-13(2)34)12-42-23(19)33;/h3-7,10,19,23H,1,8-9,11-12H2,2H3,(H2,27,40)(H,30,35)(H,38,39)(H2,28,29,31,36);/q;+1/p-1/t19?,23-;/m1./s1. The van der Waals surface area contributed by atoms with E-state index in [9.17, 15) is 34.2 Å². The smallest absolute Gasteiger partial charge is 0.543 e. The molecule has 0 bridgehead atoms. The quantitative estimate of drug-likeness (QED) is 0.0834. The van der Waals surface area contributed by atoms with E-state index in [-0.39, 0.29) is 76.9 Å². The molecule has 0 aliphatic carbocycles. The number of aliphatic carboxylic acids is 1. The van der Waals surface area contributed by atoms with Gasteiger partial charge in [-0.2, -0.15) is 4.98 Å². The van der Waals surface area contributed by atoms with Crippen molar-refractivity contribution in [3.63, 3.8) is 0 Å². The minimum absolute atomic E-state index is 0. The molecule has 0 spiro atoms. The number of amides is 4. The van der Waals surface area contributed by atoms with E-state index >= 15 is 0 Å². The molecular formula is C26H26N7NaO8S. The van der Waals surface area contributed by atoms with Gasteiger partial charge in [-0.05, 0) is 11.6 Å². The van der Waals surface area contributed by atoms with Crippen molar-refractivity contribution in [2.75, 3.05) is 29.1 Å². The third-order valence-corrected chi connectivity index (χ3v) is 7.55. The van der Waals surface area contributed by atoms with Gasteiger partial charge in [0.1, 0.15) is 23.7 Å². The molecule has 3 heterocycles. The summed E-state index contributed by atoms with van der Waals surface area (Å²) >= 11 is 1.20. The van der Waals surface area contributed by atoms with Crippen LogP contribution in [-0.4, -0.2) is 80.1 Å². The first-order valence-electron chi connectivity index (χ1n) is 12.4. The van der Waals surface area contributed by atoms with E-state index in [4.69, 9.17) is 10.5 Å². The van der Waals surface area contributed by atoms with Crippen LogP contribution >= 0.6 is 11.8 Å². The number of esters is 1. The fraction of sp³-hybridized carbons (Fsp3) is 0.269. The van der Waals surface area contributed by atoms with Crippen molar-refractivity contribution in [2.45, 2.75) is 24.8 Å². The van der Waals surface area contributed by atoms with E-state index < -0.39 is 47.1 Å². The normalized spacial score (nSPS) is 17.0. The van der Waals surface area contributed by atoms with Gasteiger partial charge in [0.15, 0.2) is 0 Å². The van der Waals surface area contributed by atoms with E-state index in [1.54, 1.807) is 24.3 Å². The summed E-state index contributed by atoms with van der Waals surface area (Å²) in [6, 6.07) is 4.27. The zero-order valence-electron chi connectivity index (χ0n) is 23.2. The maximum absolute atomic E-state index is 13.1. The van der Waals surface area contributed by atoms with Gasteiger partial charge in [-0.25, -0.2) is 9.78 Å².